The lowest BCUT2D eigenvalue weighted by molar-refractivity contribution is 0.620. The molecular weight excluding hydrogens is 322 g/mol. The molecule has 0 saturated heterocycles. The highest BCUT2D eigenvalue weighted by atomic mass is 28.3. The molecule has 2 nitrogen and oxygen atoms in total. The molecule has 0 spiro atoms. The predicted molar refractivity (Wildman–Crippen MR) is 108 cm³/mol. The molecule has 0 fully saturated rings. The second-order valence-electron chi connectivity index (χ2n) is 7.39. The van der Waals surface area contributed by atoms with E-state index in [-0.39, 0.29) is 0 Å². The van der Waals surface area contributed by atoms with Gasteiger partial charge in [0.15, 0.2) is 5.58 Å². The second kappa shape index (κ2) is 6.01. The summed E-state index contributed by atoms with van der Waals surface area (Å²) >= 11 is 0. The van der Waals surface area contributed by atoms with Crippen molar-refractivity contribution in [3.8, 4) is 22.6 Å². The minimum Gasteiger partial charge on any atom is -0.436 e. The van der Waals surface area contributed by atoms with Crippen LogP contribution in [0.25, 0.3) is 33.7 Å². The van der Waals surface area contributed by atoms with E-state index < -0.39 is 8.07 Å². The van der Waals surface area contributed by atoms with Crippen molar-refractivity contribution in [3.05, 3.63) is 72.8 Å². The van der Waals surface area contributed by atoms with Gasteiger partial charge < -0.3 is 4.42 Å². The fourth-order valence-corrected chi connectivity index (χ4v) is 4.15. The second-order valence-corrected chi connectivity index (χ2v) is 12.5. The van der Waals surface area contributed by atoms with E-state index in [1.54, 1.807) is 0 Å². The maximum absolute atomic E-state index is 5.86. The van der Waals surface area contributed by atoms with Crippen LogP contribution in [-0.4, -0.2) is 13.1 Å². The quantitative estimate of drug-likeness (QED) is 0.445. The molecule has 0 bridgehead atoms. The number of benzene rings is 3. The Kier molecular flexibility index (Phi) is 3.81. The fraction of sp³-hybridized carbons (Fsp3) is 0.136. The van der Waals surface area contributed by atoms with Crippen molar-refractivity contribution < 1.29 is 4.42 Å². The molecule has 3 heteroatoms. The van der Waals surface area contributed by atoms with Gasteiger partial charge in [-0.3, -0.25) is 0 Å². The summed E-state index contributed by atoms with van der Waals surface area (Å²) < 4.78 is 5.86. The first-order valence-corrected chi connectivity index (χ1v) is 12.1. The average molecular weight is 344 g/mol. The third kappa shape index (κ3) is 3.15. The minimum atomic E-state index is -1.31. The van der Waals surface area contributed by atoms with Crippen LogP contribution in [0.5, 0.6) is 0 Å². The van der Waals surface area contributed by atoms with E-state index in [1.807, 2.05) is 24.3 Å². The zero-order valence-corrected chi connectivity index (χ0v) is 15.8. The van der Waals surface area contributed by atoms with E-state index in [0.29, 0.717) is 5.89 Å². The van der Waals surface area contributed by atoms with Gasteiger partial charge in [0.25, 0.3) is 0 Å². The molecule has 0 N–H and O–H groups in total. The SMILES string of the molecule is C[Si](C)(C)c1cccc(-c2ccc(-c3nc4ccccc4o3)cc2)c1. The highest BCUT2D eigenvalue weighted by Gasteiger charge is 2.16. The maximum atomic E-state index is 5.86. The van der Waals surface area contributed by atoms with Gasteiger partial charge in [-0.05, 0) is 35.4 Å². The Labute approximate surface area is 149 Å². The number of hydrogen-bond donors (Lipinski definition) is 0. The summed E-state index contributed by atoms with van der Waals surface area (Å²) in [6.07, 6.45) is 0. The first kappa shape index (κ1) is 15.9. The number of fused-ring (bicyclic) bond motifs is 1. The summed E-state index contributed by atoms with van der Waals surface area (Å²) in [6, 6.07) is 25.2. The van der Waals surface area contributed by atoms with Gasteiger partial charge in [-0.15, -0.1) is 0 Å². The van der Waals surface area contributed by atoms with E-state index in [4.69, 9.17) is 4.42 Å². The highest BCUT2D eigenvalue weighted by molar-refractivity contribution is 6.88. The Balaban J connectivity index is 1.68. The van der Waals surface area contributed by atoms with Crippen LogP contribution in [0.15, 0.2) is 77.2 Å². The molecule has 1 heterocycles. The molecule has 0 radical (unpaired) electrons. The number of nitrogens with zero attached hydrogens (tertiary/aromatic N) is 1. The lowest BCUT2D eigenvalue weighted by Gasteiger charge is -2.17. The van der Waals surface area contributed by atoms with Crippen LogP contribution in [0.3, 0.4) is 0 Å². The summed E-state index contributed by atoms with van der Waals surface area (Å²) in [7, 11) is -1.31. The molecule has 4 aromatic rings. The fourth-order valence-electron chi connectivity index (χ4n) is 2.97. The minimum absolute atomic E-state index is 0.670. The summed E-state index contributed by atoms with van der Waals surface area (Å²) in [4.78, 5) is 4.57. The smallest absolute Gasteiger partial charge is 0.227 e. The van der Waals surface area contributed by atoms with Crippen molar-refractivity contribution in [2.24, 2.45) is 0 Å². The Bertz CT molecular complexity index is 993. The number of rotatable bonds is 3. The molecule has 25 heavy (non-hydrogen) atoms. The van der Waals surface area contributed by atoms with Gasteiger partial charge in [-0.2, -0.15) is 0 Å². The third-order valence-electron chi connectivity index (χ3n) is 4.49. The Hall–Kier alpha value is -2.65. The predicted octanol–water partition coefficient (Wildman–Crippen LogP) is 5.71. The first-order valence-electron chi connectivity index (χ1n) is 8.58. The van der Waals surface area contributed by atoms with Gasteiger partial charge in [0.05, 0.1) is 8.07 Å². The van der Waals surface area contributed by atoms with Gasteiger partial charge in [0, 0.05) is 5.56 Å². The van der Waals surface area contributed by atoms with Gasteiger partial charge in [-0.1, -0.05) is 73.4 Å². The molecule has 0 unspecified atom stereocenters. The molecule has 4 rings (SSSR count). The monoisotopic (exact) mass is 343 g/mol. The molecule has 0 amide bonds. The molecule has 0 saturated carbocycles. The van der Waals surface area contributed by atoms with E-state index in [0.717, 1.165) is 16.7 Å². The van der Waals surface area contributed by atoms with Crippen LogP contribution in [0.1, 0.15) is 0 Å². The number of aromatic nitrogens is 1. The van der Waals surface area contributed by atoms with E-state index >= 15 is 0 Å². The lowest BCUT2D eigenvalue weighted by atomic mass is 10.0. The Morgan fingerprint density at radius 2 is 1.44 bits per heavy atom. The highest BCUT2D eigenvalue weighted by Crippen LogP contribution is 2.27. The van der Waals surface area contributed by atoms with Gasteiger partial charge in [-0.25, -0.2) is 4.98 Å². The van der Waals surface area contributed by atoms with Crippen molar-refractivity contribution >= 4 is 24.4 Å². The lowest BCUT2D eigenvalue weighted by Crippen LogP contribution is -2.37. The normalized spacial score (nSPS) is 11.8. The van der Waals surface area contributed by atoms with Crippen LogP contribution < -0.4 is 5.19 Å². The van der Waals surface area contributed by atoms with Crippen LogP contribution in [0, 0.1) is 0 Å². The summed E-state index contributed by atoms with van der Waals surface area (Å²) in [5.74, 6) is 0.670. The van der Waals surface area contributed by atoms with Crippen LogP contribution in [-0.2, 0) is 0 Å². The molecule has 1 aromatic heterocycles. The van der Waals surface area contributed by atoms with E-state index in [2.05, 4.69) is 73.2 Å². The zero-order chi connectivity index (χ0) is 17.4. The maximum Gasteiger partial charge on any atom is 0.227 e. The standard InChI is InChI=1S/C22H21NOSi/c1-25(2,3)19-8-6-7-18(15-19)16-11-13-17(14-12-16)22-23-20-9-4-5-10-21(20)24-22/h4-15H,1-3H3. The molecule has 0 aliphatic rings. The number of para-hydroxylation sites is 2. The van der Waals surface area contributed by atoms with Gasteiger partial charge >= 0.3 is 0 Å². The van der Waals surface area contributed by atoms with Crippen molar-refractivity contribution in [1.29, 1.82) is 0 Å². The van der Waals surface area contributed by atoms with Crippen molar-refractivity contribution in [2.45, 2.75) is 19.6 Å². The molecule has 0 atom stereocenters. The molecule has 0 aliphatic carbocycles. The topological polar surface area (TPSA) is 26.0 Å². The number of hydrogen-bond acceptors (Lipinski definition) is 2. The summed E-state index contributed by atoms with van der Waals surface area (Å²) in [5.41, 5.74) is 5.21. The van der Waals surface area contributed by atoms with Gasteiger partial charge in [0.1, 0.15) is 5.52 Å². The Morgan fingerprint density at radius 1 is 0.720 bits per heavy atom. The molecular formula is C22H21NOSi. The first-order chi connectivity index (χ1) is 12.0. The summed E-state index contributed by atoms with van der Waals surface area (Å²) in [5, 5.41) is 1.48. The van der Waals surface area contributed by atoms with Crippen molar-refractivity contribution in [1.82, 2.24) is 4.98 Å². The van der Waals surface area contributed by atoms with Crippen molar-refractivity contribution in [2.75, 3.05) is 0 Å². The molecule has 3 aromatic carbocycles. The van der Waals surface area contributed by atoms with Crippen LogP contribution >= 0.6 is 0 Å². The van der Waals surface area contributed by atoms with E-state index in [1.165, 1.54) is 16.3 Å². The number of oxazole rings is 1. The summed E-state index contributed by atoms with van der Waals surface area (Å²) in [6.45, 7) is 7.13. The molecule has 124 valence electrons. The van der Waals surface area contributed by atoms with Crippen LogP contribution in [0.4, 0.5) is 0 Å². The van der Waals surface area contributed by atoms with Crippen molar-refractivity contribution in [3.63, 3.8) is 0 Å². The average Bonchev–Trinajstić information content (AvgIpc) is 3.05. The van der Waals surface area contributed by atoms with Gasteiger partial charge in [0.2, 0.25) is 5.89 Å². The zero-order valence-electron chi connectivity index (χ0n) is 14.8. The Morgan fingerprint density at radius 3 is 2.16 bits per heavy atom. The van der Waals surface area contributed by atoms with Crippen LogP contribution in [0.2, 0.25) is 19.6 Å². The molecule has 0 aliphatic heterocycles. The third-order valence-corrected chi connectivity index (χ3v) is 6.53. The van der Waals surface area contributed by atoms with E-state index in [9.17, 15) is 0 Å². The largest absolute Gasteiger partial charge is 0.436 e.